The van der Waals surface area contributed by atoms with Gasteiger partial charge in [0, 0.05) is 11.8 Å². The lowest BCUT2D eigenvalue weighted by atomic mass is 9.71. The van der Waals surface area contributed by atoms with Gasteiger partial charge >= 0.3 is 11.9 Å². The minimum absolute atomic E-state index is 0.175. The van der Waals surface area contributed by atoms with Gasteiger partial charge in [0.15, 0.2) is 5.41 Å². The Bertz CT molecular complexity index is 428. The number of cyclic esters (lactones) is 2. The van der Waals surface area contributed by atoms with E-state index in [1.54, 1.807) is 0 Å². The Hall–Kier alpha value is -1.06. The van der Waals surface area contributed by atoms with Gasteiger partial charge in [0.1, 0.15) is 0 Å². The summed E-state index contributed by atoms with van der Waals surface area (Å²) in [5, 5.41) is 0. The van der Waals surface area contributed by atoms with Crippen LogP contribution in [0.3, 0.4) is 0 Å². The highest BCUT2D eigenvalue weighted by Gasteiger charge is 2.62. The summed E-state index contributed by atoms with van der Waals surface area (Å²) < 4.78 is 12.3. The molecule has 1 heterocycles. The van der Waals surface area contributed by atoms with Crippen molar-refractivity contribution in [2.75, 3.05) is 0 Å². The Morgan fingerprint density at radius 2 is 1.12 bits per heavy atom. The van der Waals surface area contributed by atoms with E-state index in [0.29, 0.717) is 12.8 Å². The van der Waals surface area contributed by atoms with Crippen LogP contribution in [0.4, 0.5) is 0 Å². The summed E-state index contributed by atoms with van der Waals surface area (Å²) in [6, 6.07) is 0. The molecule has 136 valence electrons. The average molecular weight is 336 g/mol. The minimum atomic E-state index is -1.09. The van der Waals surface area contributed by atoms with Gasteiger partial charge in [-0.2, -0.15) is 0 Å². The predicted octanol–water partition coefficient (Wildman–Crippen LogP) is 4.75. The maximum atomic E-state index is 13.0. The second-order valence-corrected chi connectivity index (χ2v) is 7.96. The van der Waals surface area contributed by atoms with Crippen LogP contribution < -0.4 is 0 Å². The molecule has 3 rings (SSSR count). The van der Waals surface area contributed by atoms with Crippen LogP contribution in [0.2, 0.25) is 0 Å². The molecule has 0 radical (unpaired) electrons. The molecule has 0 N–H and O–H groups in total. The maximum Gasteiger partial charge on any atom is 0.326 e. The van der Waals surface area contributed by atoms with E-state index in [2.05, 4.69) is 0 Å². The SMILES string of the molecule is CCC1(CC)C(=O)OC(C2CCCCC2)(C2CCCCC2)OC1=O. The molecule has 2 saturated carbocycles. The number of hydrogen-bond acceptors (Lipinski definition) is 4. The molecule has 24 heavy (non-hydrogen) atoms. The van der Waals surface area contributed by atoms with Crippen molar-refractivity contribution in [3.63, 3.8) is 0 Å². The number of hydrogen-bond donors (Lipinski definition) is 0. The Balaban J connectivity index is 1.94. The van der Waals surface area contributed by atoms with Gasteiger partial charge < -0.3 is 9.47 Å². The molecule has 1 saturated heterocycles. The van der Waals surface area contributed by atoms with Crippen LogP contribution >= 0.6 is 0 Å². The zero-order valence-electron chi connectivity index (χ0n) is 15.3. The lowest BCUT2D eigenvalue weighted by molar-refractivity contribution is -0.304. The molecule has 0 aromatic heterocycles. The maximum absolute atomic E-state index is 13.0. The lowest BCUT2D eigenvalue weighted by Crippen LogP contribution is -2.62. The molecule has 0 atom stereocenters. The molecule has 3 fully saturated rings. The van der Waals surface area contributed by atoms with Crippen LogP contribution in [-0.2, 0) is 19.1 Å². The largest absolute Gasteiger partial charge is 0.421 e. The molecule has 4 nitrogen and oxygen atoms in total. The fraction of sp³-hybridized carbons (Fsp3) is 0.900. The van der Waals surface area contributed by atoms with E-state index in [0.717, 1.165) is 51.4 Å². The van der Waals surface area contributed by atoms with Crippen molar-refractivity contribution in [2.45, 2.75) is 96.7 Å². The molecule has 0 amide bonds. The van der Waals surface area contributed by atoms with Crippen molar-refractivity contribution in [3.8, 4) is 0 Å². The first-order valence-corrected chi connectivity index (χ1v) is 10.1. The van der Waals surface area contributed by atoms with Gasteiger partial charge in [-0.1, -0.05) is 52.4 Å². The highest BCUT2D eigenvalue weighted by Crippen LogP contribution is 2.51. The van der Waals surface area contributed by atoms with Gasteiger partial charge in [0.25, 0.3) is 5.79 Å². The van der Waals surface area contributed by atoms with Crippen molar-refractivity contribution in [1.82, 2.24) is 0 Å². The molecule has 0 aromatic rings. The summed E-state index contributed by atoms with van der Waals surface area (Å²) >= 11 is 0. The predicted molar refractivity (Wildman–Crippen MR) is 91.1 cm³/mol. The summed E-state index contributed by atoms with van der Waals surface area (Å²) in [4.78, 5) is 25.9. The molecular formula is C20H32O4. The lowest BCUT2D eigenvalue weighted by Gasteiger charge is -2.51. The zero-order chi connectivity index (χ0) is 17.2. The first-order chi connectivity index (χ1) is 11.6. The third-order valence-corrected chi connectivity index (χ3v) is 6.84. The van der Waals surface area contributed by atoms with Crippen molar-refractivity contribution in [1.29, 1.82) is 0 Å². The van der Waals surface area contributed by atoms with Crippen LogP contribution in [0, 0.1) is 17.3 Å². The Morgan fingerprint density at radius 3 is 1.46 bits per heavy atom. The van der Waals surface area contributed by atoms with Crippen molar-refractivity contribution in [3.05, 3.63) is 0 Å². The monoisotopic (exact) mass is 336 g/mol. The molecule has 0 bridgehead atoms. The quantitative estimate of drug-likeness (QED) is 0.549. The number of ether oxygens (including phenoxy) is 2. The number of carbonyl (C=O) groups is 2. The molecule has 0 unspecified atom stereocenters. The van der Waals surface area contributed by atoms with E-state index < -0.39 is 11.2 Å². The number of esters is 2. The summed E-state index contributed by atoms with van der Waals surface area (Å²) in [5.74, 6) is -1.30. The van der Waals surface area contributed by atoms with E-state index in [-0.39, 0.29) is 23.8 Å². The third-order valence-electron chi connectivity index (χ3n) is 6.84. The second-order valence-electron chi connectivity index (χ2n) is 7.96. The van der Waals surface area contributed by atoms with Gasteiger partial charge in [-0.05, 0) is 38.5 Å². The molecule has 4 heteroatoms. The van der Waals surface area contributed by atoms with Gasteiger partial charge in [-0.15, -0.1) is 0 Å². The standard InChI is InChI=1S/C20H32O4/c1-3-19(4-2)17(21)23-20(24-18(19)22,15-11-7-5-8-12-15)16-13-9-6-10-14-16/h15-16H,3-14H2,1-2H3. The van der Waals surface area contributed by atoms with Gasteiger partial charge in [-0.3, -0.25) is 9.59 Å². The van der Waals surface area contributed by atoms with Gasteiger partial charge in [0.2, 0.25) is 0 Å². The van der Waals surface area contributed by atoms with Crippen molar-refractivity contribution >= 4 is 11.9 Å². The highest BCUT2D eigenvalue weighted by molar-refractivity contribution is 6.01. The number of rotatable bonds is 4. The fourth-order valence-electron chi connectivity index (χ4n) is 5.09. The topological polar surface area (TPSA) is 52.6 Å². The van der Waals surface area contributed by atoms with Gasteiger partial charge in [0.05, 0.1) is 0 Å². The van der Waals surface area contributed by atoms with E-state index in [4.69, 9.17) is 9.47 Å². The van der Waals surface area contributed by atoms with E-state index >= 15 is 0 Å². The Labute approximate surface area is 145 Å². The molecule has 0 spiro atoms. The summed E-state index contributed by atoms with van der Waals surface area (Å²) in [7, 11) is 0. The smallest absolute Gasteiger partial charge is 0.326 e. The van der Waals surface area contributed by atoms with Crippen LogP contribution in [0.5, 0.6) is 0 Å². The first-order valence-electron chi connectivity index (χ1n) is 10.1. The molecule has 3 aliphatic rings. The fourth-order valence-corrected chi connectivity index (χ4v) is 5.09. The summed E-state index contributed by atoms with van der Waals surface area (Å²) in [6.45, 7) is 3.75. The Morgan fingerprint density at radius 1 is 0.750 bits per heavy atom. The van der Waals surface area contributed by atoms with Crippen LogP contribution in [-0.4, -0.2) is 17.7 Å². The Kier molecular flexibility index (Phi) is 5.22. The van der Waals surface area contributed by atoms with Crippen LogP contribution in [0.25, 0.3) is 0 Å². The van der Waals surface area contributed by atoms with E-state index in [1.165, 1.54) is 12.8 Å². The van der Waals surface area contributed by atoms with Crippen molar-refractivity contribution < 1.29 is 19.1 Å². The zero-order valence-corrected chi connectivity index (χ0v) is 15.3. The third kappa shape index (κ3) is 2.76. The van der Waals surface area contributed by atoms with Crippen LogP contribution in [0.1, 0.15) is 90.9 Å². The van der Waals surface area contributed by atoms with Gasteiger partial charge in [-0.25, -0.2) is 0 Å². The molecule has 1 aliphatic heterocycles. The average Bonchev–Trinajstić information content (AvgIpc) is 2.63. The van der Waals surface area contributed by atoms with Crippen LogP contribution in [0.15, 0.2) is 0 Å². The normalized spacial score (nSPS) is 28.2. The number of carbonyl (C=O) groups excluding carboxylic acids is 2. The second kappa shape index (κ2) is 7.05. The summed E-state index contributed by atoms with van der Waals surface area (Å²) in [5.41, 5.74) is -1.09. The minimum Gasteiger partial charge on any atom is -0.421 e. The molecule has 0 aromatic carbocycles. The van der Waals surface area contributed by atoms with E-state index in [9.17, 15) is 9.59 Å². The molecular weight excluding hydrogens is 304 g/mol. The van der Waals surface area contributed by atoms with E-state index in [1.807, 2.05) is 13.8 Å². The van der Waals surface area contributed by atoms with Crippen molar-refractivity contribution in [2.24, 2.45) is 17.3 Å². The summed E-state index contributed by atoms with van der Waals surface area (Å²) in [6.07, 6.45) is 11.9. The molecule has 2 aliphatic carbocycles. The first kappa shape index (κ1) is 17.8. The highest BCUT2D eigenvalue weighted by atomic mass is 16.7.